The predicted octanol–water partition coefficient (Wildman–Crippen LogP) is 6.02. The van der Waals surface area contributed by atoms with E-state index in [4.69, 9.17) is 0 Å². The van der Waals surface area contributed by atoms with Gasteiger partial charge in [0.25, 0.3) is 0 Å². The van der Waals surface area contributed by atoms with Gasteiger partial charge in [0, 0.05) is 30.4 Å². The van der Waals surface area contributed by atoms with Crippen LogP contribution in [0.25, 0.3) is 0 Å². The normalized spacial score (nSPS) is 18.2. The number of nitrogens with zero attached hydrogens (tertiary/aromatic N) is 2. The molecule has 2 aliphatic rings. The molecule has 0 saturated heterocycles. The Morgan fingerprint density at radius 2 is 1.77 bits per heavy atom. The van der Waals surface area contributed by atoms with Gasteiger partial charge in [-0.25, -0.2) is 0 Å². The molecule has 0 radical (unpaired) electrons. The van der Waals surface area contributed by atoms with Crippen LogP contribution in [0.1, 0.15) is 68.2 Å². The van der Waals surface area contributed by atoms with E-state index in [1.54, 1.807) is 6.07 Å². The molecule has 2 aliphatic carbocycles. The van der Waals surface area contributed by atoms with E-state index in [9.17, 15) is 18.0 Å². The van der Waals surface area contributed by atoms with Crippen molar-refractivity contribution in [3.63, 3.8) is 0 Å². The van der Waals surface area contributed by atoms with Gasteiger partial charge in [-0.15, -0.1) is 0 Å². The Morgan fingerprint density at radius 1 is 1.00 bits per heavy atom. The number of halogens is 3. The van der Waals surface area contributed by atoms with Crippen LogP contribution in [0.5, 0.6) is 0 Å². The van der Waals surface area contributed by atoms with E-state index in [-0.39, 0.29) is 17.9 Å². The molecular weight excluding hydrogens is 389 g/mol. The molecule has 2 fully saturated rings. The van der Waals surface area contributed by atoms with Crippen LogP contribution in [-0.2, 0) is 24.1 Å². The van der Waals surface area contributed by atoms with Gasteiger partial charge in [-0.2, -0.15) is 13.2 Å². The zero-order valence-corrected chi connectivity index (χ0v) is 17.2. The highest BCUT2D eigenvalue weighted by Crippen LogP contribution is 2.33. The molecule has 4 rings (SSSR count). The average Bonchev–Trinajstić information content (AvgIpc) is 3.11. The zero-order valence-electron chi connectivity index (χ0n) is 17.2. The van der Waals surface area contributed by atoms with E-state index >= 15 is 0 Å². The molecule has 0 bridgehead atoms. The molecule has 0 N–H and O–H groups in total. The summed E-state index contributed by atoms with van der Waals surface area (Å²) in [6, 6.07) is 9.66. The van der Waals surface area contributed by atoms with Gasteiger partial charge in [0.15, 0.2) is 0 Å². The van der Waals surface area contributed by atoms with Crippen LogP contribution < -0.4 is 0 Å². The molecular formula is C24H29F3N2O. The van der Waals surface area contributed by atoms with E-state index in [0.29, 0.717) is 18.7 Å². The smallest absolute Gasteiger partial charge is 0.345 e. The standard InChI is InChI=1S/C24H29F3N2O/c25-24(26,27)20-10-4-7-18(15-20)16-28-14-6-13-22(28)17-29(21-11-2-1-3-12-21)23(30)19-8-5-9-19/h4,6-7,10,13-15,19,21H,1-3,5,8-9,11-12,16-17H2. The fourth-order valence-electron chi connectivity index (χ4n) is 4.63. The summed E-state index contributed by atoms with van der Waals surface area (Å²) in [6.07, 6.45) is 6.27. The third kappa shape index (κ3) is 4.73. The van der Waals surface area contributed by atoms with Crippen molar-refractivity contribution in [3.8, 4) is 0 Å². The molecule has 2 saturated carbocycles. The Kier molecular flexibility index (Phi) is 6.21. The number of aromatic nitrogens is 1. The van der Waals surface area contributed by atoms with Gasteiger partial charge in [-0.05, 0) is 55.5 Å². The monoisotopic (exact) mass is 418 g/mol. The summed E-state index contributed by atoms with van der Waals surface area (Å²) in [5.74, 6) is 0.416. The highest BCUT2D eigenvalue weighted by molar-refractivity contribution is 5.80. The second kappa shape index (κ2) is 8.86. The van der Waals surface area contributed by atoms with Crippen LogP contribution >= 0.6 is 0 Å². The van der Waals surface area contributed by atoms with E-state index in [0.717, 1.165) is 56.7 Å². The molecule has 1 amide bonds. The van der Waals surface area contributed by atoms with E-state index in [2.05, 4.69) is 4.90 Å². The number of benzene rings is 1. The van der Waals surface area contributed by atoms with Crippen molar-refractivity contribution in [1.82, 2.24) is 9.47 Å². The van der Waals surface area contributed by atoms with Crippen LogP contribution in [0.2, 0.25) is 0 Å². The topological polar surface area (TPSA) is 25.2 Å². The van der Waals surface area contributed by atoms with E-state index in [1.807, 2.05) is 22.9 Å². The number of rotatable bonds is 6. The SMILES string of the molecule is O=C(C1CCC1)N(Cc1cccn1Cc1cccc(C(F)(F)F)c1)C1CCCCC1. The number of amides is 1. The summed E-state index contributed by atoms with van der Waals surface area (Å²) >= 11 is 0. The maximum Gasteiger partial charge on any atom is 0.416 e. The van der Waals surface area contributed by atoms with Crippen molar-refractivity contribution in [2.75, 3.05) is 0 Å². The lowest BCUT2D eigenvalue weighted by molar-refractivity contribution is -0.142. The number of alkyl halides is 3. The molecule has 1 aromatic heterocycles. The largest absolute Gasteiger partial charge is 0.416 e. The minimum atomic E-state index is -4.34. The highest BCUT2D eigenvalue weighted by Gasteiger charge is 2.34. The second-order valence-electron chi connectivity index (χ2n) is 8.71. The molecule has 0 spiro atoms. The Labute approximate surface area is 175 Å². The summed E-state index contributed by atoms with van der Waals surface area (Å²) in [5.41, 5.74) is 0.958. The van der Waals surface area contributed by atoms with Crippen molar-refractivity contribution in [3.05, 3.63) is 59.4 Å². The molecule has 1 aromatic carbocycles. The number of hydrogen-bond acceptors (Lipinski definition) is 1. The third-order valence-electron chi connectivity index (χ3n) is 6.62. The maximum absolute atomic E-state index is 13.2. The first-order valence-corrected chi connectivity index (χ1v) is 11.0. The summed E-state index contributed by atoms with van der Waals surface area (Å²) in [4.78, 5) is 15.2. The number of carbonyl (C=O) groups is 1. The number of carbonyl (C=O) groups excluding carboxylic acids is 1. The molecule has 162 valence electrons. The summed E-state index contributed by atoms with van der Waals surface area (Å²) in [5, 5.41) is 0. The van der Waals surface area contributed by atoms with Crippen molar-refractivity contribution >= 4 is 5.91 Å². The fraction of sp³-hybridized carbons (Fsp3) is 0.542. The first-order chi connectivity index (χ1) is 14.4. The summed E-state index contributed by atoms with van der Waals surface area (Å²) in [6.45, 7) is 0.897. The van der Waals surface area contributed by atoms with Gasteiger partial charge in [-0.1, -0.05) is 37.8 Å². The fourth-order valence-corrected chi connectivity index (χ4v) is 4.63. The van der Waals surface area contributed by atoms with Crippen molar-refractivity contribution < 1.29 is 18.0 Å². The first-order valence-electron chi connectivity index (χ1n) is 11.0. The Balaban J connectivity index is 1.52. The van der Waals surface area contributed by atoms with E-state index in [1.165, 1.54) is 18.6 Å². The highest BCUT2D eigenvalue weighted by atomic mass is 19.4. The lowest BCUT2D eigenvalue weighted by atomic mass is 9.83. The van der Waals surface area contributed by atoms with Gasteiger partial charge in [0.1, 0.15) is 0 Å². The van der Waals surface area contributed by atoms with Gasteiger partial charge < -0.3 is 9.47 Å². The molecule has 1 heterocycles. The van der Waals surface area contributed by atoms with Crippen LogP contribution in [0, 0.1) is 5.92 Å². The molecule has 3 nitrogen and oxygen atoms in total. The molecule has 30 heavy (non-hydrogen) atoms. The Hall–Kier alpha value is -2.24. The van der Waals surface area contributed by atoms with Crippen LogP contribution in [0.4, 0.5) is 13.2 Å². The number of hydrogen-bond donors (Lipinski definition) is 0. The predicted molar refractivity (Wildman–Crippen MR) is 110 cm³/mol. The molecule has 0 aliphatic heterocycles. The average molecular weight is 419 g/mol. The third-order valence-corrected chi connectivity index (χ3v) is 6.62. The quantitative estimate of drug-likeness (QED) is 0.563. The van der Waals surface area contributed by atoms with Crippen LogP contribution in [-0.4, -0.2) is 21.4 Å². The molecule has 0 atom stereocenters. The van der Waals surface area contributed by atoms with Crippen molar-refractivity contribution in [1.29, 1.82) is 0 Å². The molecule has 0 unspecified atom stereocenters. The molecule has 6 heteroatoms. The first kappa shape index (κ1) is 21.0. The van der Waals surface area contributed by atoms with E-state index < -0.39 is 11.7 Å². The lowest BCUT2D eigenvalue weighted by Gasteiger charge is -2.39. The van der Waals surface area contributed by atoms with Crippen LogP contribution in [0.15, 0.2) is 42.6 Å². The minimum absolute atomic E-state index is 0.152. The van der Waals surface area contributed by atoms with Crippen molar-refractivity contribution in [2.24, 2.45) is 5.92 Å². The Bertz CT molecular complexity index is 863. The van der Waals surface area contributed by atoms with Gasteiger partial charge in [0.05, 0.1) is 12.1 Å². The summed E-state index contributed by atoms with van der Waals surface area (Å²) < 4.78 is 41.1. The minimum Gasteiger partial charge on any atom is -0.345 e. The molecule has 2 aromatic rings. The van der Waals surface area contributed by atoms with Gasteiger partial charge in [-0.3, -0.25) is 4.79 Å². The van der Waals surface area contributed by atoms with Gasteiger partial charge >= 0.3 is 6.18 Å². The maximum atomic E-state index is 13.2. The van der Waals surface area contributed by atoms with Crippen molar-refractivity contribution in [2.45, 2.75) is 76.7 Å². The Morgan fingerprint density at radius 3 is 2.43 bits per heavy atom. The van der Waals surface area contributed by atoms with Crippen LogP contribution in [0.3, 0.4) is 0 Å². The zero-order chi connectivity index (χ0) is 21.1. The second-order valence-corrected chi connectivity index (χ2v) is 8.71. The summed E-state index contributed by atoms with van der Waals surface area (Å²) in [7, 11) is 0. The van der Waals surface area contributed by atoms with Gasteiger partial charge in [0.2, 0.25) is 5.91 Å². The lowest BCUT2D eigenvalue weighted by Crippen LogP contribution is -2.45.